The van der Waals surface area contributed by atoms with Gasteiger partial charge in [-0.2, -0.15) is 0 Å². The minimum Gasteiger partial charge on any atom is -0.385 e. The van der Waals surface area contributed by atoms with Crippen molar-refractivity contribution in [3.63, 3.8) is 0 Å². The summed E-state index contributed by atoms with van der Waals surface area (Å²) >= 11 is 0. The maximum absolute atomic E-state index is 11.9. The van der Waals surface area contributed by atoms with Gasteiger partial charge in [0.15, 0.2) is 9.84 Å². The summed E-state index contributed by atoms with van der Waals surface area (Å²) in [5, 5.41) is 0. The fourth-order valence-electron chi connectivity index (χ4n) is 2.00. The van der Waals surface area contributed by atoms with E-state index in [1.165, 1.54) is 5.56 Å². The van der Waals surface area contributed by atoms with E-state index < -0.39 is 15.9 Å². The van der Waals surface area contributed by atoms with Crippen LogP contribution in [-0.2, 0) is 14.6 Å². The van der Waals surface area contributed by atoms with Gasteiger partial charge >= 0.3 is 0 Å². The van der Waals surface area contributed by atoms with E-state index in [0.29, 0.717) is 18.9 Å². The first-order valence-corrected chi connectivity index (χ1v) is 8.72. The lowest BCUT2D eigenvalue weighted by Gasteiger charge is -2.14. The van der Waals surface area contributed by atoms with Crippen LogP contribution in [0.15, 0.2) is 24.3 Å². The van der Waals surface area contributed by atoms with Crippen molar-refractivity contribution in [3.05, 3.63) is 35.4 Å². The first kappa shape index (κ1) is 17.1. The van der Waals surface area contributed by atoms with Crippen LogP contribution in [0.3, 0.4) is 0 Å². The van der Waals surface area contributed by atoms with Gasteiger partial charge in [-0.15, -0.1) is 0 Å². The number of hydrogen-bond donors (Lipinski definition) is 1. The molecule has 0 saturated heterocycles. The Bertz CT molecular complexity index is 494. The van der Waals surface area contributed by atoms with E-state index >= 15 is 0 Å². The van der Waals surface area contributed by atoms with E-state index in [4.69, 9.17) is 10.5 Å². The van der Waals surface area contributed by atoms with Gasteiger partial charge < -0.3 is 10.5 Å². The molecular formula is C15H25NO3S. The Morgan fingerprint density at radius 3 is 2.20 bits per heavy atom. The van der Waals surface area contributed by atoms with E-state index in [2.05, 4.69) is 13.8 Å². The van der Waals surface area contributed by atoms with E-state index in [-0.39, 0.29) is 11.5 Å². The summed E-state index contributed by atoms with van der Waals surface area (Å²) in [5.41, 5.74) is 8.09. The standard InChI is InChI=1S/C15H25NO3S/c1-12(2)13-5-7-14(8-6-13)15(16)11-20(17,18)10-4-9-19-3/h5-8,12,15H,4,9-11,16H2,1-3H3. The molecule has 5 heteroatoms. The molecular weight excluding hydrogens is 274 g/mol. The van der Waals surface area contributed by atoms with Gasteiger partial charge in [-0.3, -0.25) is 0 Å². The van der Waals surface area contributed by atoms with Crippen LogP contribution in [0.5, 0.6) is 0 Å². The number of sulfone groups is 1. The first-order valence-electron chi connectivity index (χ1n) is 6.90. The quantitative estimate of drug-likeness (QED) is 0.748. The van der Waals surface area contributed by atoms with Crippen molar-refractivity contribution in [2.75, 3.05) is 25.2 Å². The first-order chi connectivity index (χ1) is 9.35. The predicted octanol–water partition coefficient (Wildman–Crippen LogP) is 2.26. The molecule has 0 amide bonds. The molecule has 20 heavy (non-hydrogen) atoms. The van der Waals surface area contributed by atoms with Crippen molar-refractivity contribution in [1.29, 1.82) is 0 Å². The SMILES string of the molecule is COCCCS(=O)(=O)CC(N)c1ccc(C(C)C)cc1. The molecule has 1 aromatic carbocycles. The summed E-state index contributed by atoms with van der Waals surface area (Å²) in [6.45, 7) is 4.70. The molecule has 0 aliphatic rings. The van der Waals surface area contributed by atoms with Crippen LogP contribution in [0.1, 0.15) is 43.4 Å². The molecule has 0 heterocycles. The average molecular weight is 299 g/mol. The Labute approximate surface area is 122 Å². The summed E-state index contributed by atoms with van der Waals surface area (Å²) in [7, 11) is -1.57. The maximum Gasteiger partial charge on any atom is 0.152 e. The van der Waals surface area contributed by atoms with Gasteiger partial charge in [-0.25, -0.2) is 8.42 Å². The lowest BCUT2D eigenvalue weighted by Crippen LogP contribution is -2.24. The molecule has 0 spiro atoms. The topological polar surface area (TPSA) is 69.4 Å². The van der Waals surface area contributed by atoms with Gasteiger partial charge in [0.2, 0.25) is 0 Å². The van der Waals surface area contributed by atoms with Crippen molar-refractivity contribution in [2.45, 2.75) is 32.2 Å². The van der Waals surface area contributed by atoms with Crippen molar-refractivity contribution in [3.8, 4) is 0 Å². The monoisotopic (exact) mass is 299 g/mol. The minimum absolute atomic E-state index is 0.0161. The largest absolute Gasteiger partial charge is 0.385 e. The second kappa shape index (κ2) is 7.76. The number of nitrogens with two attached hydrogens (primary N) is 1. The fraction of sp³-hybridized carbons (Fsp3) is 0.600. The lowest BCUT2D eigenvalue weighted by molar-refractivity contribution is 0.199. The zero-order valence-electron chi connectivity index (χ0n) is 12.5. The van der Waals surface area contributed by atoms with E-state index in [0.717, 1.165) is 5.56 Å². The second-order valence-electron chi connectivity index (χ2n) is 5.39. The molecule has 114 valence electrons. The van der Waals surface area contributed by atoms with Crippen LogP contribution in [0.4, 0.5) is 0 Å². The minimum atomic E-state index is -3.13. The molecule has 1 aromatic rings. The highest BCUT2D eigenvalue weighted by molar-refractivity contribution is 7.91. The van der Waals surface area contributed by atoms with Gasteiger partial charge in [0.25, 0.3) is 0 Å². The molecule has 2 N–H and O–H groups in total. The molecule has 1 unspecified atom stereocenters. The zero-order valence-corrected chi connectivity index (χ0v) is 13.3. The number of hydrogen-bond acceptors (Lipinski definition) is 4. The highest BCUT2D eigenvalue weighted by Crippen LogP contribution is 2.18. The molecule has 0 saturated carbocycles. The molecule has 0 radical (unpaired) electrons. The van der Waals surface area contributed by atoms with Crippen LogP contribution < -0.4 is 5.73 Å². The average Bonchev–Trinajstić information content (AvgIpc) is 2.38. The van der Waals surface area contributed by atoms with Crippen molar-refractivity contribution >= 4 is 9.84 Å². The normalized spacial score (nSPS) is 13.7. The Hall–Kier alpha value is -0.910. The second-order valence-corrected chi connectivity index (χ2v) is 7.62. The Morgan fingerprint density at radius 2 is 1.70 bits per heavy atom. The third-order valence-electron chi connectivity index (χ3n) is 3.27. The molecule has 0 aliphatic heterocycles. The number of benzene rings is 1. The molecule has 1 rings (SSSR count). The molecule has 0 aliphatic carbocycles. The zero-order chi connectivity index (χ0) is 15.2. The summed E-state index contributed by atoms with van der Waals surface area (Å²) in [4.78, 5) is 0. The van der Waals surface area contributed by atoms with Crippen molar-refractivity contribution in [2.24, 2.45) is 5.73 Å². The van der Waals surface area contributed by atoms with Crippen LogP contribution in [0.2, 0.25) is 0 Å². The van der Waals surface area contributed by atoms with Gasteiger partial charge in [0.1, 0.15) is 0 Å². The molecule has 0 fully saturated rings. The molecule has 0 aromatic heterocycles. The third kappa shape index (κ3) is 5.61. The summed E-state index contributed by atoms with van der Waals surface area (Å²) < 4.78 is 28.7. The van der Waals surface area contributed by atoms with Crippen LogP contribution >= 0.6 is 0 Å². The van der Waals surface area contributed by atoms with Crippen molar-refractivity contribution in [1.82, 2.24) is 0 Å². The number of ether oxygens (including phenoxy) is 1. The highest BCUT2D eigenvalue weighted by Gasteiger charge is 2.17. The lowest BCUT2D eigenvalue weighted by atomic mass is 10.00. The smallest absolute Gasteiger partial charge is 0.152 e. The van der Waals surface area contributed by atoms with E-state index in [1.807, 2.05) is 24.3 Å². The Balaban J connectivity index is 2.63. The Kier molecular flexibility index (Phi) is 6.65. The summed E-state index contributed by atoms with van der Waals surface area (Å²) in [5.74, 6) is 0.564. The number of methoxy groups -OCH3 is 1. The Morgan fingerprint density at radius 1 is 1.15 bits per heavy atom. The summed E-state index contributed by atoms with van der Waals surface area (Å²) in [6, 6.07) is 7.40. The fourth-order valence-corrected chi connectivity index (χ4v) is 3.47. The number of rotatable bonds is 8. The molecule has 0 bridgehead atoms. The van der Waals surface area contributed by atoms with Gasteiger partial charge in [-0.1, -0.05) is 38.1 Å². The molecule has 4 nitrogen and oxygen atoms in total. The van der Waals surface area contributed by atoms with Crippen LogP contribution in [0, 0.1) is 0 Å². The van der Waals surface area contributed by atoms with E-state index in [9.17, 15) is 8.42 Å². The highest BCUT2D eigenvalue weighted by atomic mass is 32.2. The predicted molar refractivity (Wildman–Crippen MR) is 82.6 cm³/mol. The van der Waals surface area contributed by atoms with Crippen molar-refractivity contribution < 1.29 is 13.2 Å². The molecule has 1 atom stereocenters. The van der Waals surface area contributed by atoms with Gasteiger partial charge in [-0.05, 0) is 23.5 Å². The van der Waals surface area contributed by atoms with Gasteiger partial charge in [0.05, 0.1) is 11.5 Å². The van der Waals surface area contributed by atoms with Gasteiger partial charge in [0, 0.05) is 19.8 Å². The van der Waals surface area contributed by atoms with E-state index in [1.54, 1.807) is 7.11 Å². The third-order valence-corrected chi connectivity index (χ3v) is 5.05. The van der Waals surface area contributed by atoms with Crippen LogP contribution in [-0.4, -0.2) is 33.6 Å². The maximum atomic E-state index is 11.9. The van der Waals surface area contributed by atoms with Crippen LogP contribution in [0.25, 0.3) is 0 Å². The summed E-state index contributed by atoms with van der Waals surface area (Å²) in [6.07, 6.45) is 0.512.